The highest BCUT2D eigenvalue weighted by atomic mass is 79.9. The minimum Gasteiger partial charge on any atom is -0.299 e. The van der Waals surface area contributed by atoms with E-state index in [-0.39, 0.29) is 11.9 Å². The van der Waals surface area contributed by atoms with Crippen molar-refractivity contribution >= 4 is 15.9 Å². The van der Waals surface area contributed by atoms with Crippen LogP contribution in [0.25, 0.3) is 0 Å². The molecule has 0 N–H and O–H groups in total. The van der Waals surface area contributed by atoms with Gasteiger partial charge in [0, 0.05) is 23.5 Å². The molecule has 16 heavy (non-hydrogen) atoms. The SMILES string of the molecule is CC(CBr)CN(C)C(C)c1ccccc1F. The second-order valence-corrected chi connectivity index (χ2v) is 5.04. The van der Waals surface area contributed by atoms with Crippen LogP contribution in [0.5, 0.6) is 0 Å². The summed E-state index contributed by atoms with van der Waals surface area (Å²) < 4.78 is 13.6. The minimum absolute atomic E-state index is 0.114. The molecule has 0 amide bonds. The smallest absolute Gasteiger partial charge is 0.127 e. The van der Waals surface area contributed by atoms with Crippen molar-refractivity contribution in [2.75, 3.05) is 18.9 Å². The zero-order chi connectivity index (χ0) is 12.1. The van der Waals surface area contributed by atoms with E-state index in [4.69, 9.17) is 0 Å². The van der Waals surface area contributed by atoms with Gasteiger partial charge in [0.1, 0.15) is 5.82 Å². The van der Waals surface area contributed by atoms with E-state index in [9.17, 15) is 4.39 Å². The lowest BCUT2D eigenvalue weighted by atomic mass is 10.1. The van der Waals surface area contributed by atoms with E-state index < -0.39 is 0 Å². The molecular formula is C13H19BrFN. The second-order valence-electron chi connectivity index (χ2n) is 4.40. The summed E-state index contributed by atoms with van der Waals surface area (Å²) in [6.45, 7) is 5.18. The molecule has 1 aromatic carbocycles. The second kappa shape index (κ2) is 6.36. The molecule has 1 rings (SSSR count). The first-order valence-corrected chi connectivity index (χ1v) is 6.69. The molecular weight excluding hydrogens is 269 g/mol. The van der Waals surface area contributed by atoms with Crippen LogP contribution in [0, 0.1) is 11.7 Å². The number of hydrogen-bond donors (Lipinski definition) is 0. The number of halogens is 2. The van der Waals surface area contributed by atoms with Crippen molar-refractivity contribution in [2.24, 2.45) is 5.92 Å². The van der Waals surface area contributed by atoms with E-state index >= 15 is 0 Å². The van der Waals surface area contributed by atoms with Crippen molar-refractivity contribution in [3.63, 3.8) is 0 Å². The van der Waals surface area contributed by atoms with Gasteiger partial charge in [0.2, 0.25) is 0 Å². The molecule has 0 saturated carbocycles. The first kappa shape index (κ1) is 13.7. The Morgan fingerprint density at radius 2 is 1.94 bits per heavy atom. The van der Waals surface area contributed by atoms with Crippen molar-refractivity contribution in [1.82, 2.24) is 4.90 Å². The Bertz CT molecular complexity index is 329. The van der Waals surface area contributed by atoms with E-state index in [0.717, 1.165) is 17.4 Å². The third kappa shape index (κ3) is 3.56. The van der Waals surface area contributed by atoms with E-state index in [0.29, 0.717) is 5.92 Å². The molecule has 0 radical (unpaired) electrons. The summed E-state index contributed by atoms with van der Waals surface area (Å²) >= 11 is 3.46. The fraction of sp³-hybridized carbons (Fsp3) is 0.538. The molecule has 0 bridgehead atoms. The number of hydrogen-bond acceptors (Lipinski definition) is 1. The lowest BCUT2D eigenvalue weighted by molar-refractivity contribution is 0.231. The molecule has 0 spiro atoms. The highest BCUT2D eigenvalue weighted by Crippen LogP contribution is 2.22. The third-order valence-electron chi connectivity index (χ3n) is 2.88. The Balaban J connectivity index is 2.70. The standard InChI is InChI=1S/C13H19BrFN/c1-10(8-14)9-16(3)11(2)12-6-4-5-7-13(12)15/h4-7,10-11H,8-9H2,1-3H3. The van der Waals surface area contributed by atoms with Crippen LogP contribution in [0.4, 0.5) is 4.39 Å². The van der Waals surface area contributed by atoms with Gasteiger partial charge >= 0.3 is 0 Å². The average molecular weight is 288 g/mol. The Morgan fingerprint density at radius 3 is 2.50 bits per heavy atom. The summed E-state index contributed by atoms with van der Waals surface area (Å²) in [6.07, 6.45) is 0. The average Bonchev–Trinajstić information content (AvgIpc) is 2.28. The summed E-state index contributed by atoms with van der Waals surface area (Å²) in [5.74, 6) is 0.451. The van der Waals surface area contributed by atoms with E-state index in [1.54, 1.807) is 6.07 Å². The molecule has 0 aliphatic carbocycles. The first-order valence-electron chi connectivity index (χ1n) is 5.57. The van der Waals surface area contributed by atoms with Gasteiger partial charge in [-0.15, -0.1) is 0 Å². The summed E-state index contributed by atoms with van der Waals surface area (Å²) in [5.41, 5.74) is 0.770. The first-order chi connectivity index (χ1) is 7.56. The summed E-state index contributed by atoms with van der Waals surface area (Å²) in [7, 11) is 2.04. The molecule has 0 aliphatic heterocycles. The Hall–Kier alpha value is -0.410. The van der Waals surface area contributed by atoms with Gasteiger partial charge < -0.3 is 0 Å². The largest absolute Gasteiger partial charge is 0.299 e. The Morgan fingerprint density at radius 1 is 1.31 bits per heavy atom. The zero-order valence-corrected chi connectivity index (χ0v) is 11.7. The number of benzene rings is 1. The molecule has 90 valence electrons. The molecule has 1 nitrogen and oxygen atoms in total. The van der Waals surface area contributed by atoms with Crippen LogP contribution in [0.2, 0.25) is 0 Å². The number of nitrogens with zero attached hydrogens (tertiary/aromatic N) is 1. The highest BCUT2D eigenvalue weighted by molar-refractivity contribution is 9.09. The molecule has 3 heteroatoms. The van der Waals surface area contributed by atoms with Gasteiger partial charge in [-0.1, -0.05) is 41.1 Å². The lowest BCUT2D eigenvalue weighted by Crippen LogP contribution is -2.28. The van der Waals surface area contributed by atoms with E-state index in [1.807, 2.05) is 26.1 Å². The third-order valence-corrected chi connectivity index (χ3v) is 3.98. The van der Waals surface area contributed by atoms with Crippen LogP contribution in [0.3, 0.4) is 0 Å². The van der Waals surface area contributed by atoms with Crippen molar-refractivity contribution in [2.45, 2.75) is 19.9 Å². The van der Waals surface area contributed by atoms with Crippen LogP contribution in [0.1, 0.15) is 25.5 Å². The maximum atomic E-state index is 13.6. The maximum absolute atomic E-state index is 13.6. The van der Waals surface area contributed by atoms with Crippen LogP contribution in [0.15, 0.2) is 24.3 Å². The lowest BCUT2D eigenvalue weighted by Gasteiger charge is -2.27. The topological polar surface area (TPSA) is 3.24 Å². The maximum Gasteiger partial charge on any atom is 0.127 e. The molecule has 2 atom stereocenters. The van der Waals surface area contributed by atoms with Gasteiger partial charge in [-0.05, 0) is 26.0 Å². The van der Waals surface area contributed by atoms with Gasteiger partial charge in [0.25, 0.3) is 0 Å². The molecule has 0 saturated heterocycles. The van der Waals surface area contributed by atoms with Crippen LogP contribution in [-0.2, 0) is 0 Å². The quantitative estimate of drug-likeness (QED) is 0.744. The predicted octanol–water partition coefficient (Wildman–Crippen LogP) is 3.85. The fourth-order valence-electron chi connectivity index (χ4n) is 1.75. The molecule has 0 heterocycles. The van der Waals surface area contributed by atoms with E-state index in [2.05, 4.69) is 27.8 Å². The van der Waals surface area contributed by atoms with Crippen molar-refractivity contribution in [3.05, 3.63) is 35.6 Å². The Labute approximate surface area is 106 Å². The van der Waals surface area contributed by atoms with Crippen LogP contribution >= 0.6 is 15.9 Å². The highest BCUT2D eigenvalue weighted by Gasteiger charge is 2.16. The number of rotatable bonds is 5. The van der Waals surface area contributed by atoms with E-state index in [1.165, 1.54) is 6.07 Å². The molecule has 0 aliphatic rings. The molecule has 0 fully saturated rings. The van der Waals surface area contributed by atoms with Crippen LogP contribution in [-0.4, -0.2) is 23.8 Å². The molecule has 2 unspecified atom stereocenters. The van der Waals surface area contributed by atoms with Gasteiger partial charge in [-0.3, -0.25) is 4.90 Å². The minimum atomic E-state index is -0.117. The normalized spacial score (nSPS) is 15.1. The van der Waals surface area contributed by atoms with Crippen LogP contribution < -0.4 is 0 Å². The predicted molar refractivity (Wildman–Crippen MR) is 70.4 cm³/mol. The van der Waals surface area contributed by atoms with Gasteiger partial charge in [-0.25, -0.2) is 4.39 Å². The summed E-state index contributed by atoms with van der Waals surface area (Å²) in [6, 6.07) is 7.11. The summed E-state index contributed by atoms with van der Waals surface area (Å²) in [5, 5.41) is 0.974. The molecule has 0 aromatic heterocycles. The van der Waals surface area contributed by atoms with Gasteiger partial charge in [-0.2, -0.15) is 0 Å². The van der Waals surface area contributed by atoms with Crippen molar-refractivity contribution in [1.29, 1.82) is 0 Å². The monoisotopic (exact) mass is 287 g/mol. The summed E-state index contributed by atoms with van der Waals surface area (Å²) in [4.78, 5) is 2.18. The molecule has 1 aromatic rings. The number of alkyl halides is 1. The van der Waals surface area contributed by atoms with Crippen molar-refractivity contribution < 1.29 is 4.39 Å². The van der Waals surface area contributed by atoms with Crippen molar-refractivity contribution in [3.8, 4) is 0 Å². The van der Waals surface area contributed by atoms with Gasteiger partial charge in [0.05, 0.1) is 0 Å². The fourth-order valence-corrected chi connectivity index (χ4v) is 1.95. The zero-order valence-electron chi connectivity index (χ0n) is 10.1. The Kier molecular flexibility index (Phi) is 5.42. The van der Waals surface area contributed by atoms with Gasteiger partial charge in [0.15, 0.2) is 0 Å².